The van der Waals surface area contributed by atoms with Gasteiger partial charge in [0.05, 0.1) is 11.1 Å². The van der Waals surface area contributed by atoms with Crippen molar-refractivity contribution >= 4 is 16.6 Å². The van der Waals surface area contributed by atoms with E-state index in [0.29, 0.717) is 23.3 Å². The van der Waals surface area contributed by atoms with Gasteiger partial charge in [0.25, 0.3) is 0 Å². The van der Waals surface area contributed by atoms with Crippen LogP contribution in [0, 0.1) is 0 Å². The van der Waals surface area contributed by atoms with Crippen LogP contribution < -0.4 is 10.9 Å². The molecule has 0 atom stereocenters. The Morgan fingerprint density at radius 3 is 2.21 bits per heavy atom. The highest BCUT2D eigenvalue weighted by Gasteiger charge is 2.29. The number of hydrogen-bond donors (Lipinski definition) is 2. The molecule has 0 aliphatic rings. The molecule has 4 aromatic rings. The first-order valence-corrected chi connectivity index (χ1v) is 9.03. The molecule has 1 aromatic heterocycles. The van der Waals surface area contributed by atoms with Crippen LogP contribution in [0.5, 0.6) is 0 Å². The van der Waals surface area contributed by atoms with Crippen molar-refractivity contribution in [3.8, 4) is 11.1 Å². The van der Waals surface area contributed by atoms with E-state index in [-0.39, 0.29) is 5.56 Å². The summed E-state index contributed by atoms with van der Waals surface area (Å²) >= 11 is 0. The van der Waals surface area contributed by atoms with Crippen molar-refractivity contribution in [1.82, 2.24) is 4.98 Å². The van der Waals surface area contributed by atoms with Crippen LogP contribution in [-0.2, 0) is 12.7 Å². The fourth-order valence-corrected chi connectivity index (χ4v) is 3.22. The molecule has 4 rings (SSSR count). The molecule has 1 heterocycles. The van der Waals surface area contributed by atoms with E-state index >= 15 is 0 Å². The van der Waals surface area contributed by atoms with E-state index < -0.39 is 11.7 Å². The molecule has 0 fully saturated rings. The smallest absolute Gasteiger partial charge is 0.380 e. The average molecular weight is 394 g/mol. The maximum Gasteiger partial charge on any atom is 0.416 e. The van der Waals surface area contributed by atoms with Gasteiger partial charge in [-0.25, -0.2) is 0 Å². The average Bonchev–Trinajstić information content (AvgIpc) is 2.72. The first kappa shape index (κ1) is 18.8. The quantitative estimate of drug-likeness (QED) is 0.458. The minimum absolute atomic E-state index is 0.227. The Labute approximate surface area is 164 Å². The van der Waals surface area contributed by atoms with Gasteiger partial charge in [-0.1, -0.05) is 48.5 Å². The number of fused-ring (bicyclic) bond motifs is 1. The molecule has 0 aliphatic carbocycles. The summed E-state index contributed by atoms with van der Waals surface area (Å²) in [5, 5.41) is 4.07. The molecule has 3 nitrogen and oxygen atoms in total. The Morgan fingerprint density at radius 1 is 0.828 bits per heavy atom. The van der Waals surface area contributed by atoms with Gasteiger partial charge < -0.3 is 10.3 Å². The maximum absolute atomic E-state index is 12.8. The van der Waals surface area contributed by atoms with E-state index in [1.54, 1.807) is 12.1 Å². The molecule has 146 valence electrons. The molecule has 0 saturated carbocycles. The molecule has 2 N–H and O–H groups in total. The molecule has 0 unspecified atom stereocenters. The molecule has 0 spiro atoms. The summed E-state index contributed by atoms with van der Waals surface area (Å²) in [6.07, 6.45) is -4.37. The second kappa shape index (κ2) is 7.47. The van der Waals surface area contributed by atoms with Gasteiger partial charge in [-0.3, -0.25) is 4.79 Å². The van der Waals surface area contributed by atoms with Crippen LogP contribution in [0.4, 0.5) is 18.9 Å². The van der Waals surface area contributed by atoms with E-state index in [1.165, 1.54) is 18.2 Å². The molecule has 0 amide bonds. The van der Waals surface area contributed by atoms with E-state index in [9.17, 15) is 18.0 Å². The Hall–Kier alpha value is -3.54. The minimum Gasteiger partial charge on any atom is -0.380 e. The molecule has 0 bridgehead atoms. The van der Waals surface area contributed by atoms with Crippen LogP contribution in [0.15, 0.2) is 83.7 Å². The lowest BCUT2D eigenvalue weighted by Gasteiger charge is -2.12. The Bertz CT molecular complexity index is 1200. The third-order valence-corrected chi connectivity index (χ3v) is 4.71. The molecular weight excluding hydrogens is 377 g/mol. The number of hydrogen-bond acceptors (Lipinski definition) is 2. The summed E-state index contributed by atoms with van der Waals surface area (Å²) in [6, 6.07) is 21.7. The topological polar surface area (TPSA) is 44.9 Å². The number of pyridine rings is 1. The second-order valence-electron chi connectivity index (χ2n) is 6.72. The number of rotatable bonds is 4. The lowest BCUT2D eigenvalue weighted by Crippen LogP contribution is -2.08. The molecule has 0 radical (unpaired) electrons. The number of benzene rings is 3. The molecule has 0 saturated heterocycles. The van der Waals surface area contributed by atoms with Crippen molar-refractivity contribution in [1.29, 1.82) is 0 Å². The van der Waals surface area contributed by atoms with Crippen LogP contribution in [0.1, 0.15) is 11.1 Å². The lowest BCUT2D eigenvalue weighted by molar-refractivity contribution is -0.137. The maximum atomic E-state index is 12.8. The van der Waals surface area contributed by atoms with Crippen LogP contribution in [0.25, 0.3) is 22.0 Å². The number of aromatic amines is 1. The van der Waals surface area contributed by atoms with Crippen molar-refractivity contribution in [3.05, 3.63) is 100 Å². The molecule has 0 aliphatic heterocycles. The number of nitrogens with one attached hydrogen (secondary N) is 2. The van der Waals surface area contributed by atoms with Crippen molar-refractivity contribution in [2.75, 3.05) is 5.32 Å². The van der Waals surface area contributed by atoms with Gasteiger partial charge in [0.15, 0.2) is 0 Å². The van der Waals surface area contributed by atoms with Crippen molar-refractivity contribution < 1.29 is 13.2 Å². The summed E-state index contributed by atoms with van der Waals surface area (Å²) in [5.41, 5.74) is 2.91. The number of alkyl halides is 3. The van der Waals surface area contributed by atoms with Gasteiger partial charge in [-0.2, -0.15) is 13.2 Å². The van der Waals surface area contributed by atoms with Crippen LogP contribution in [-0.4, -0.2) is 4.98 Å². The standard InChI is InChI=1S/C23H17F3N2O/c24-23(25,26)18-9-6-16(7-10-18)17-8-11-20-19(12-17)21(13-22(29)28-20)27-14-15-4-2-1-3-5-15/h1-13H,14H2,(H2,27,28,29). The minimum atomic E-state index is -4.37. The van der Waals surface area contributed by atoms with Crippen LogP contribution in [0.3, 0.4) is 0 Å². The van der Waals surface area contributed by atoms with E-state index in [0.717, 1.165) is 28.6 Å². The Morgan fingerprint density at radius 2 is 1.52 bits per heavy atom. The molecular formula is C23H17F3N2O. The normalized spacial score (nSPS) is 11.6. The zero-order valence-electron chi connectivity index (χ0n) is 15.3. The third kappa shape index (κ3) is 4.16. The highest BCUT2D eigenvalue weighted by Crippen LogP contribution is 2.32. The van der Waals surface area contributed by atoms with E-state index in [4.69, 9.17) is 0 Å². The summed E-state index contributed by atoms with van der Waals surface area (Å²) < 4.78 is 38.4. The van der Waals surface area contributed by atoms with Crippen molar-refractivity contribution in [3.63, 3.8) is 0 Å². The molecule has 6 heteroatoms. The van der Waals surface area contributed by atoms with Crippen molar-refractivity contribution in [2.45, 2.75) is 12.7 Å². The number of H-pyrrole nitrogens is 1. The molecule has 3 aromatic carbocycles. The fraction of sp³-hybridized carbons (Fsp3) is 0.0870. The van der Waals surface area contributed by atoms with E-state index in [2.05, 4.69) is 10.3 Å². The SMILES string of the molecule is O=c1cc(NCc2ccccc2)c2cc(-c3ccc(C(F)(F)F)cc3)ccc2[nH]1. The second-order valence-corrected chi connectivity index (χ2v) is 6.72. The highest BCUT2D eigenvalue weighted by atomic mass is 19.4. The largest absolute Gasteiger partial charge is 0.416 e. The first-order valence-electron chi connectivity index (χ1n) is 9.03. The van der Waals surface area contributed by atoms with Gasteiger partial charge in [-0.05, 0) is 41.0 Å². The zero-order chi connectivity index (χ0) is 20.4. The predicted octanol–water partition coefficient (Wildman–Crippen LogP) is 5.83. The number of aromatic nitrogens is 1. The summed E-state index contributed by atoms with van der Waals surface area (Å²) in [5.74, 6) is 0. The van der Waals surface area contributed by atoms with Gasteiger partial charge in [-0.15, -0.1) is 0 Å². The third-order valence-electron chi connectivity index (χ3n) is 4.71. The number of halogens is 3. The summed E-state index contributed by atoms with van der Waals surface area (Å²) in [6.45, 7) is 0.546. The monoisotopic (exact) mass is 394 g/mol. The summed E-state index contributed by atoms with van der Waals surface area (Å²) in [4.78, 5) is 14.8. The van der Waals surface area contributed by atoms with Gasteiger partial charge in [0.1, 0.15) is 0 Å². The van der Waals surface area contributed by atoms with Crippen molar-refractivity contribution in [2.24, 2.45) is 0 Å². The predicted molar refractivity (Wildman–Crippen MR) is 109 cm³/mol. The first-order chi connectivity index (χ1) is 13.9. The fourth-order valence-electron chi connectivity index (χ4n) is 3.22. The van der Waals surface area contributed by atoms with Gasteiger partial charge in [0, 0.05) is 23.7 Å². The highest BCUT2D eigenvalue weighted by molar-refractivity contribution is 5.94. The Balaban J connectivity index is 1.70. The number of anilines is 1. The van der Waals surface area contributed by atoms with Crippen LogP contribution >= 0.6 is 0 Å². The summed E-state index contributed by atoms with van der Waals surface area (Å²) in [7, 11) is 0. The van der Waals surface area contributed by atoms with Crippen LogP contribution in [0.2, 0.25) is 0 Å². The van der Waals surface area contributed by atoms with Gasteiger partial charge in [0.2, 0.25) is 5.56 Å². The Kier molecular flexibility index (Phi) is 4.84. The lowest BCUT2D eigenvalue weighted by atomic mass is 10.0. The zero-order valence-corrected chi connectivity index (χ0v) is 15.3. The molecule has 29 heavy (non-hydrogen) atoms. The van der Waals surface area contributed by atoms with Gasteiger partial charge >= 0.3 is 6.18 Å². The van der Waals surface area contributed by atoms with E-state index in [1.807, 2.05) is 36.4 Å².